The molecule has 754 valence electrons. The van der Waals surface area contributed by atoms with Gasteiger partial charge in [0, 0.05) is 220 Å². The molecule has 8 aromatic carbocycles. The van der Waals surface area contributed by atoms with Crippen LogP contribution in [0.15, 0.2) is 268 Å². The van der Waals surface area contributed by atoms with Crippen LogP contribution >= 0.6 is 0 Å². The van der Waals surface area contributed by atoms with E-state index in [2.05, 4.69) is 76.2 Å². The summed E-state index contributed by atoms with van der Waals surface area (Å²) in [6, 6.07) is 49.4. The fraction of sp³-hybridized carbons (Fsp3) is 0.189. The number of benzene rings is 8. The Bertz CT molecular complexity index is 7990. The van der Waals surface area contributed by atoms with Gasteiger partial charge in [0.15, 0.2) is 40.1 Å². The summed E-state index contributed by atoms with van der Waals surface area (Å²) in [6.07, 6.45) is 26.2. The van der Waals surface area contributed by atoms with Crippen molar-refractivity contribution >= 4 is 125 Å². The first-order valence-electron chi connectivity index (χ1n) is 45.8. The topological polar surface area (TPSA) is 437 Å². The molecule has 148 heavy (non-hydrogen) atoms. The van der Waals surface area contributed by atoms with E-state index < -0.39 is 11.6 Å². The van der Waals surface area contributed by atoms with Crippen molar-refractivity contribution in [1.29, 1.82) is 0 Å². The molecular formula is C106H102F2N26O14. The van der Waals surface area contributed by atoms with Gasteiger partial charge in [0.2, 0.25) is 17.7 Å². The highest BCUT2D eigenvalue weighted by Crippen LogP contribution is 2.44. The fourth-order valence-corrected chi connectivity index (χ4v) is 15.7. The van der Waals surface area contributed by atoms with Crippen molar-refractivity contribution in [1.82, 2.24) is 93.9 Å². The molecule has 0 aliphatic carbocycles. The summed E-state index contributed by atoms with van der Waals surface area (Å²) in [7, 11) is 20.9. The predicted octanol–water partition coefficient (Wildman–Crippen LogP) is 16.1. The van der Waals surface area contributed by atoms with E-state index in [1.54, 1.807) is 184 Å². The number of fused-ring (bicyclic) bond motifs is 4. The lowest BCUT2D eigenvalue weighted by Crippen LogP contribution is -2.30. The lowest BCUT2D eigenvalue weighted by atomic mass is 10.1. The van der Waals surface area contributed by atoms with Gasteiger partial charge in [0.05, 0.1) is 180 Å². The summed E-state index contributed by atoms with van der Waals surface area (Å²) < 4.78 is 85.7. The van der Waals surface area contributed by atoms with Crippen LogP contribution in [0, 0.1) is 18.6 Å². The molecule has 3 amide bonds. The average molecular weight is 2000 g/mol. The van der Waals surface area contributed by atoms with Crippen molar-refractivity contribution in [3.8, 4) is 96.8 Å². The summed E-state index contributed by atoms with van der Waals surface area (Å²) >= 11 is 0. The molecule has 0 radical (unpaired) electrons. The van der Waals surface area contributed by atoms with Gasteiger partial charge in [-0.3, -0.25) is 57.8 Å². The van der Waals surface area contributed by atoms with Crippen molar-refractivity contribution in [2.45, 2.75) is 13.3 Å². The van der Waals surface area contributed by atoms with Gasteiger partial charge in [-0.05, 0) is 116 Å². The number of carbonyl (C=O) groups excluding carboxylic acids is 3. The number of halogens is 2. The van der Waals surface area contributed by atoms with Crippen LogP contribution in [0.5, 0.6) is 51.7 Å². The highest BCUT2D eigenvalue weighted by molar-refractivity contribution is 5.99. The summed E-state index contributed by atoms with van der Waals surface area (Å²) in [5, 5.41) is 34.7. The Morgan fingerprint density at radius 3 is 1.05 bits per heavy atom. The SMILES string of the molecule is COc1cc(OC)c(F)c(N(CCCO)c2ccc3ncc(-c4cnn(C)c4)nc3c2)c1F.COc1cc(OC)cc(N(CC(=O)Nc2cc(=O)cc[nH]2)c2ccc3ncc(-c4cnn(C)c4)nc3c2)c1.COc1cc(OC)cc(N(CC(=O)Nc2cc(C)ccn2)c2ccc3ncc(-c4cnn(C)c4)nc3c2)c1.COc1cc(OC)cc(N(CC(=O)Nc2ncccc2OC)c2ccc3ncc(-c4cnn(C)c4)nc3c2)c1. The molecule has 11 aromatic heterocycles. The standard InChI is InChI=1S/C28H27N7O4.C28H27N7O3.C27H25N7O4.C23H23F2N5O3/c1-34-16-18(14-31-34)25-15-30-23-8-7-19(12-24(23)32-25)35(20-10-21(37-2)13-22(11-20)38-3)17-27(36)33-28-26(39-4)6-5-9-29-28;1-18-7-8-29-27(9-18)33-28(36)17-35(21-10-22(37-3)13-23(11-21)38-4)20-5-6-24-25(12-20)32-26(15-30-24)19-14-31-34(2)16-19;1-33-15-17(13-30-33)25-14-29-23-5-4-18(10-24(23)31-25)34(19-8-21(37-2)12-22(9-19)38-3)16-27(36)32-26-11-20(35)6-7-28-26;1-29-13-14(11-27-29)18-12-26-16-6-5-15(9-17(16)28-18)30(7-4-8-31)23-21(24)19(32-2)10-20(33-3)22(23)25/h5-16H,17H2,1-4H3,(H,29,33,36);5-16H,17H2,1-4H3,(H,29,33,36);4-15H,16H2,1-3H3,(H2,28,32,35,36);5-6,9-13,31H,4,7-8H2,1-3H3. The summed E-state index contributed by atoms with van der Waals surface area (Å²) in [6.45, 7) is 1.82. The van der Waals surface area contributed by atoms with Crippen molar-refractivity contribution in [3.05, 3.63) is 290 Å². The number of amides is 3. The number of carbonyl (C=O) groups is 3. The van der Waals surface area contributed by atoms with E-state index >= 15 is 8.78 Å². The Labute approximate surface area is 846 Å². The van der Waals surface area contributed by atoms with Crippen LogP contribution in [0.2, 0.25) is 0 Å². The Morgan fingerprint density at radius 2 is 0.723 bits per heavy atom. The van der Waals surface area contributed by atoms with Crippen LogP contribution in [0.25, 0.3) is 89.2 Å². The van der Waals surface area contributed by atoms with E-state index in [4.69, 9.17) is 57.6 Å². The molecule has 5 N–H and O–H groups in total. The second-order valence-corrected chi connectivity index (χ2v) is 33.1. The largest absolute Gasteiger partial charge is 0.497 e. The zero-order chi connectivity index (χ0) is 104. The van der Waals surface area contributed by atoms with Gasteiger partial charge in [0.25, 0.3) is 0 Å². The number of rotatable bonds is 33. The monoisotopic (exact) mass is 2000 g/mol. The fourth-order valence-electron chi connectivity index (χ4n) is 15.7. The third-order valence-electron chi connectivity index (χ3n) is 23.0. The molecule has 0 saturated carbocycles. The van der Waals surface area contributed by atoms with Gasteiger partial charge < -0.3 is 88.3 Å². The Hall–Kier alpha value is -19.2. The molecular weight excluding hydrogens is 1900 g/mol. The van der Waals surface area contributed by atoms with Crippen LogP contribution in [-0.2, 0) is 42.6 Å². The number of hydrogen-bond acceptors (Lipinski definition) is 32. The number of aromatic amines is 1. The highest BCUT2D eigenvalue weighted by Gasteiger charge is 2.29. The molecule has 0 bridgehead atoms. The van der Waals surface area contributed by atoms with E-state index in [1.807, 2.05) is 166 Å². The maximum Gasteiger partial charge on any atom is 0.245 e. The molecule has 0 spiro atoms. The van der Waals surface area contributed by atoms with Crippen LogP contribution in [0.1, 0.15) is 12.0 Å². The van der Waals surface area contributed by atoms with Crippen LogP contribution in [-0.4, -0.2) is 214 Å². The summed E-state index contributed by atoms with van der Waals surface area (Å²) in [4.78, 5) is 107. The molecule has 19 rings (SSSR count). The molecule has 19 aromatic rings. The number of aryl methyl sites for hydroxylation is 5. The number of ether oxygens (including phenoxy) is 9. The number of H-pyrrole nitrogens is 1. The van der Waals surface area contributed by atoms with E-state index in [1.165, 1.54) is 44.6 Å². The number of anilines is 11. The summed E-state index contributed by atoms with van der Waals surface area (Å²) in [5.74, 6) is 2.15. The van der Waals surface area contributed by atoms with Gasteiger partial charge in [-0.15, -0.1) is 0 Å². The lowest BCUT2D eigenvalue weighted by molar-refractivity contribution is -0.115. The van der Waals surface area contributed by atoms with Gasteiger partial charge in [-0.25, -0.2) is 38.7 Å². The molecule has 0 atom stereocenters. The van der Waals surface area contributed by atoms with E-state index in [0.29, 0.717) is 142 Å². The van der Waals surface area contributed by atoms with E-state index in [-0.39, 0.29) is 79.5 Å². The number of aliphatic hydroxyl groups excluding tert-OH is 1. The number of pyridine rings is 3. The van der Waals surface area contributed by atoms with Crippen molar-refractivity contribution in [3.63, 3.8) is 0 Å². The zero-order valence-electron chi connectivity index (χ0n) is 82.9. The Morgan fingerprint density at radius 1 is 0.365 bits per heavy atom. The molecule has 0 aliphatic heterocycles. The van der Waals surface area contributed by atoms with Crippen LogP contribution in [0.4, 0.5) is 71.7 Å². The molecule has 11 heterocycles. The highest BCUT2D eigenvalue weighted by atomic mass is 19.1. The van der Waals surface area contributed by atoms with Gasteiger partial charge in [-0.2, -0.15) is 20.4 Å². The first-order chi connectivity index (χ1) is 71.7. The van der Waals surface area contributed by atoms with Crippen LogP contribution in [0.3, 0.4) is 0 Å². The van der Waals surface area contributed by atoms with E-state index in [0.717, 1.165) is 56.3 Å². The quantitative estimate of drug-likeness (QED) is 0.0255. The summed E-state index contributed by atoms with van der Waals surface area (Å²) in [5.41, 5.74) is 16.5. The first-order valence-corrected chi connectivity index (χ1v) is 45.8. The van der Waals surface area contributed by atoms with Crippen LogP contribution < -0.4 is 83.6 Å². The maximum absolute atomic E-state index is 15.3. The average Bonchev–Trinajstić information content (AvgIpc) is 0.828. The Balaban J connectivity index is 0.000000141. The minimum atomic E-state index is -0.871. The number of nitrogens with one attached hydrogen (secondary N) is 4. The normalized spacial score (nSPS) is 10.9. The van der Waals surface area contributed by atoms with Crippen molar-refractivity contribution in [2.24, 2.45) is 28.2 Å². The van der Waals surface area contributed by atoms with Gasteiger partial charge in [0.1, 0.15) is 71.5 Å². The van der Waals surface area contributed by atoms with Gasteiger partial charge in [-0.1, -0.05) is 0 Å². The van der Waals surface area contributed by atoms with E-state index in [9.17, 15) is 24.3 Å². The number of nitrogens with zero attached hydrogens (tertiary/aromatic N) is 22. The molecule has 42 heteroatoms. The lowest BCUT2D eigenvalue weighted by Gasteiger charge is -2.27. The number of hydrogen-bond donors (Lipinski definition) is 5. The number of aliphatic hydroxyl groups is 1. The Kier molecular flexibility index (Phi) is 32.1. The minimum Gasteiger partial charge on any atom is -0.497 e. The third kappa shape index (κ3) is 24.6. The predicted molar refractivity (Wildman–Crippen MR) is 558 cm³/mol. The first kappa shape index (κ1) is 102. The second-order valence-electron chi connectivity index (χ2n) is 33.1. The van der Waals surface area contributed by atoms with Crippen molar-refractivity contribution < 1.29 is 70.9 Å². The molecule has 0 unspecified atom stereocenters. The number of aromatic nitrogens is 19. The maximum atomic E-state index is 15.3. The second kappa shape index (κ2) is 46.7. The smallest absolute Gasteiger partial charge is 0.245 e. The molecule has 0 aliphatic rings. The molecule has 40 nitrogen and oxygen atoms in total. The van der Waals surface area contributed by atoms with Crippen molar-refractivity contribution in [2.75, 3.05) is 132 Å². The third-order valence-corrected chi connectivity index (χ3v) is 23.0. The number of methoxy groups -OCH3 is 9. The molecule has 0 fully saturated rings. The minimum absolute atomic E-state index is 0.00712. The zero-order valence-corrected chi connectivity index (χ0v) is 82.9. The molecule has 0 saturated heterocycles. The van der Waals surface area contributed by atoms with Gasteiger partial charge >= 0.3 is 0 Å².